The van der Waals surface area contributed by atoms with Gasteiger partial charge in [-0.3, -0.25) is 0 Å². The number of fused-ring (bicyclic) bond motifs is 1. The number of rotatable bonds is 4. The maximum absolute atomic E-state index is 10.9. The lowest BCUT2D eigenvalue weighted by molar-refractivity contribution is 0.588. The minimum Gasteiger partial charge on any atom is -0.215 e. The van der Waals surface area contributed by atoms with Gasteiger partial charge in [0.1, 0.15) is 0 Å². The van der Waals surface area contributed by atoms with Crippen molar-refractivity contribution in [2.24, 2.45) is 0 Å². The Bertz CT molecular complexity index is 497. The van der Waals surface area contributed by atoms with Crippen molar-refractivity contribution in [2.45, 2.75) is 24.2 Å². The molecule has 0 saturated carbocycles. The first-order valence-electron chi connectivity index (χ1n) is 5.74. The van der Waals surface area contributed by atoms with E-state index in [1.54, 1.807) is 0 Å². The summed E-state index contributed by atoms with van der Waals surface area (Å²) < 4.78 is 24.4. The average Bonchev–Trinajstić information content (AvgIpc) is 2.27. The third kappa shape index (κ3) is 4.01. The van der Waals surface area contributed by atoms with Gasteiger partial charge in [0, 0.05) is 11.4 Å². The Morgan fingerprint density at radius 3 is 3.00 bits per heavy atom. The van der Waals surface area contributed by atoms with Crippen LogP contribution in [0.4, 0.5) is 0 Å². The molecule has 1 aromatic carbocycles. The minimum atomic E-state index is -3.07. The highest BCUT2D eigenvalue weighted by molar-refractivity contribution is 7.99. The molecule has 1 heterocycles. The second-order valence-electron chi connectivity index (χ2n) is 4.31. The normalized spacial score (nSPS) is 15.6. The zero-order chi connectivity index (χ0) is 12.3. The Morgan fingerprint density at radius 1 is 1.41 bits per heavy atom. The molecule has 5 heteroatoms. The molecule has 2 rings (SSSR count). The van der Waals surface area contributed by atoms with Gasteiger partial charge in [-0.25, -0.2) is 13.1 Å². The van der Waals surface area contributed by atoms with Crippen LogP contribution in [-0.4, -0.2) is 27.0 Å². The molecule has 0 unspecified atom stereocenters. The number of benzene rings is 1. The second-order valence-corrected chi connectivity index (χ2v) is 7.28. The third-order valence-corrected chi connectivity index (χ3v) is 4.68. The zero-order valence-electron chi connectivity index (χ0n) is 9.90. The van der Waals surface area contributed by atoms with Crippen molar-refractivity contribution in [1.29, 1.82) is 0 Å². The molecule has 0 aromatic heterocycles. The van der Waals surface area contributed by atoms with Gasteiger partial charge < -0.3 is 0 Å². The molecule has 0 fully saturated rings. The summed E-state index contributed by atoms with van der Waals surface area (Å²) in [5.74, 6) is 1.21. The quantitative estimate of drug-likeness (QED) is 0.908. The first-order valence-corrected chi connectivity index (χ1v) is 8.61. The molecule has 3 nitrogen and oxygen atoms in total. The molecule has 0 aliphatic carbocycles. The molecule has 0 bridgehead atoms. The van der Waals surface area contributed by atoms with Crippen molar-refractivity contribution in [3.8, 4) is 0 Å². The highest BCUT2D eigenvalue weighted by Crippen LogP contribution is 2.30. The highest BCUT2D eigenvalue weighted by atomic mass is 32.2. The van der Waals surface area contributed by atoms with E-state index in [1.165, 1.54) is 34.5 Å². The maximum Gasteiger partial charge on any atom is 0.208 e. The topological polar surface area (TPSA) is 46.2 Å². The SMILES string of the molecule is CS(=O)(=O)NCCc1ccc2c(c1)CCCS2. The number of aryl methyl sites for hydroxylation is 1. The van der Waals surface area contributed by atoms with Crippen LogP contribution < -0.4 is 4.72 Å². The van der Waals surface area contributed by atoms with E-state index in [0.29, 0.717) is 6.54 Å². The summed E-state index contributed by atoms with van der Waals surface area (Å²) in [7, 11) is -3.07. The van der Waals surface area contributed by atoms with E-state index in [0.717, 1.165) is 12.8 Å². The Kier molecular flexibility index (Phi) is 4.12. The van der Waals surface area contributed by atoms with Crippen LogP contribution in [0.25, 0.3) is 0 Å². The van der Waals surface area contributed by atoms with Crippen LogP contribution in [0.3, 0.4) is 0 Å². The summed E-state index contributed by atoms with van der Waals surface area (Å²) in [5, 5.41) is 0. The van der Waals surface area contributed by atoms with Crippen molar-refractivity contribution < 1.29 is 8.42 Å². The van der Waals surface area contributed by atoms with Gasteiger partial charge in [0.05, 0.1) is 6.26 Å². The third-order valence-electron chi connectivity index (χ3n) is 2.75. The lowest BCUT2D eigenvalue weighted by Crippen LogP contribution is -2.24. The minimum absolute atomic E-state index is 0.477. The second kappa shape index (κ2) is 5.42. The van der Waals surface area contributed by atoms with Crippen LogP contribution in [0.5, 0.6) is 0 Å². The number of sulfonamides is 1. The van der Waals surface area contributed by atoms with Crippen molar-refractivity contribution in [2.75, 3.05) is 18.6 Å². The fourth-order valence-corrected chi connectivity index (χ4v) is 3.44. The summed E-state index contributed by atoms with van der Waals surface area (Å²) in [6.45, 7) is 0.477. The maximum atomic E-state index is 10.9. The van der Waals surface area contributed by atoms with E-state index in [1.807, 2.05) is 11.8 Å². The van der Waals surface area contributed by atoms with Crippen LogP contribution in [0.15, 0.2) is 23.1 Å². The van der Waals surface area contributed by atoms with Gasteiger partial charge in [0.2, 0.25) is 10.0 Å². The Morgan fingerprint density at radius 2 is 2.24 bits per heavy atom. The van der Waals surface area contributed by atoms with Gasteiger partial charge in [-0.1, -0.05) is 12.1 Å². The van der Waals surface area contributed by atoms with Crippen LogP contribution in [0, 0.1) is 0 Å². The molecule has 0 saturated heterocycles. The van der Waals surface area contributed by atoms with Crippen molar-refractivity contribution in [3.05, 3.63) is 29.3 Å². The van der Waals surface area contributed by atoms with Gasteiger partial charge >= 0.3 is 0 Å². The average molecular weight is 271 g/mol. The van der Waals surface area contributed by atoms with Gasteiger partial charge in [-0.15, -0.1) is 11.8 Å². The number of hydrogen-bond acceptors (Lipinski definition) is 3. The first kappa shape index (κ1) is 12.9. The molecule has 1 aliphatic heterocycles. The van der Waals surface area contributed by atoms with Gasteiger partial charge in [-0.2, -0.15) is 0 Å². The van der Waals surface area contributed by atoms with Crippen LogP contribution in [0.1, 0.15) is 17.5 Å². The predicted octanol–water partition coefficient (Wildman–Crippen LogP) is 1.82. The van der Waals surface area contributed by atoms with Crippen LogP contribution in [-0.2, 0) is 22.9 Å². The number of thioether (sulfide) groups is 1. The molecule has 0 spiro atoms. The smallest absolute Gasteiger partial charge is 0.208 e. The van der Waals surface area contributed by atoms with Gasteiger partial charge in [0.25, 0.3) is 0 Å². The van der Waals surface area contributed by atoms with E-state index < -0.39 is 10.0 Å². The lowest BCUT2D eigenvalue weighted by atomic mass is 10.0. The molecule has 0 radical (unpaired) electrons. The Balaban J connectivity index is 1.98. The lowest BCUT2D eigenvalue weighted by Gasteiger charge is -2.16. The summed E-state index contributed by atoms with van der Waals surface area (Å²) in [4.78, 5) is 1.39. The fourth-order valence-electron chi connectivity index (χ4n) is 1.95. The summed E-state index contributed by atoms with van der Waals surface area (Å²) in [5.41, 5.74) is 2.63. The van der Waals surface area contributed by atoms with Crippen molar-refractivity contribution in [3.63, 3.8) is 0 Å². The molecule has 17 heavy (non-hydrogen) atoms. The Labute approximate surface area is 107 Å². The van der Waals surface area contributed by atoms with E-state index >= 15 is 0 Å². The number of hydrogen-bond donors (Lipinski definition) is 1. The molecule has 1 N–H and O–H groups in total. The largest absolute Gasteiger partial charge is 0.215 e. The molecule has 1 aliphatic rings. The summed E-state index contributed by atoms with van der Waals surface area (Å²) in [6.07, 6.45) is 4.33. The molecular weight excluding hydrogens is 254 g/mol. The standard InChI is InChI=1S/C12H17NO2S2/c1-17(14,15)13-7-6-10-4-5-12-11(9-10)3-2-8-16-12/h4-5,9,13H,2-3,6-8H2,1H3. The molecule has 1 aromatic rings. The Hall–Kier alpha value is -0.520. The molecule has 0 atom stereocenters. The fraction of sp³-hybridized carbons (Fsp3) is 0.500. The summed E-state index contributed by atoms with van der Waals surface area (Å²) in [6, 6.07) is 6.47. The van der Waals surface area contributed by atoms with Crippen LogP contribution >= 0.6 is 11.8 Å². The zero-order valence-corrected chi connectivity index (χ0v) is 11.5. The molecule has 0 amide bonds. The molecular formula is C12H17NO2S2. The monoisotopic (exact) mass is 271 g/mol. The van der Waals surface area contributed by atoms with Gasteiger partial charge in [0.15, 0.2) is 0 Å². The van der Waals surface area contributed by atoms with Crippen LogP contribution in [0.2, 0.25) is 0 Å². The van der Waals surface area contributed by atoms with Gasteiger partial charge in [-0.05, 0) is 42.2 Å². The molecule has 94 valence electrons. The highest BCUT2D eigenvalue weighted by Gasteiger charge is 2.10. The summed E-state index contributed by atoms with van der Waals surface area (Å²) >= 11 is 1.91. The van der Waals surface area contributed by atoms with E-state index in [2.05, 4.69) is 22.9 Å². The van der Waals surface area contributed by atoms with E-state index in [9.17, 15) is 8.42 Å². The van der Waals surface area contributed by atoms with E-state index in [-0.39, 0.29) is 0 Å². The van der Waals surface area contributed by atoms with Crippen molar-refractivity contribution in [1.82, 2.24) is 4.72 Å². The first-order chi connectivity index (χ1) is 8.04. The number of nitrogens with one attached hydrogen (secondary N) is 1. The van der Waals surface area contributed by atoms with E-state index in [4.69, 9.17) is 0 Å². The predicted molar refractivity (Wildman–Crippen MR) is 72.0 cm³/mol. The van der Waals surface area contributed by atoms with Crippen molar-refractivity contribution >= 4 is 21.8 Å².